The number of nitrogens with one attached hydrogen (secondary N) is 1. The number of anilines is 1. The molecule has 1 saturated heterocycles. The minimum Gasteiger partial charge on any atom is -0.336 e. The lowest BCUT2D eigenvalue weighted by molar-refractivity contribution is -0.117. The molecule has 2 aromatic rings. The summed E-state index contributed by atoms with van der Waals surface area (Å²) in [6, 6.07) is 4.35. The SMILES string of the molecule is CCc1ccc(F)cc1C(=O)N1CCN(CC(=O)Nc2nncs2)CC1. The van der Waals surface area contributed by atoms with E-state index in [9.17, 15) is 14.0 Å². The zero-order valence-corrected chi connectivity index (χ0v) is 15.3. The van der Waals surface area contributed by atoms with Gasteiger partial charge < -0.3 is 4.90 Å². The standard InChI is InChI=1S/C17H20FN5O2S/c1-2-12-3-4-13(18)9-14(12)16(25)23-7-5-22(6-8-23)10-15(24)20-17-21-19-11-26-17/h3-4,9,11H,2,5-8,10H2,1H3,(H,20,21,24). The van der Waals surface area contributed by atoms with Gasteiger partial charge in [-0.3, -0.25) is 19.8 Å². The molecule has 2 heterocycles. The lowest BCUT2D eigenvalue weighted by Crippen LogP contribution is -2.50. The number of rotatable bonds is 5. The highest BCUT2D eigenvalue weighted by molar-refractivity contribution is 7.13. The second-order valence-corrected chi connectivity index (χ2v) is 6.85. The van der Waals surface area contributed by atoms with E-state index in [2.05, 4.69) is 15.5 Å². The van der Waals surface area contributed by atoms with Crippen LogP contribution in [0.15, 0.2) is 23.7 Å². The van der Waals surface area contributed by atoms with Crippen LogP contribution in [0.3, 0.4) is 0 Å². The van der Waals surface area contributed by atoms with E-state index in [1.54, 1.807) is 16.5 Å². The van der Waals surface area contributed by atoms with Gasteiger partial charge in [0.25, 0.3) is 5.91 Å². The predicted octanol–water partition coefficient (Wildman–Crippen LogP) is 1.64. The molecule has 9 heteroatoms. The largest absolute Gasteiger partial charge is 0.336 e. The lowest BCUT2D eigenvalue weighted by atomic mass is 10.0. The van der Waals surface area contributed by atoms with Gasteiger partial charge in [0.2, 0.25) is 11.0 Å². The van der Waals surface area contributed by atoms with Crippen LogP contribution in [-0.4, -0.2) is 64.5 Å². The molecule has 0 saturated carbocycles. The normalized spacial score (nSPS) is 15.1. The highest BCUT2D eigenvalue weighted by atomic mass is 32.1. The maximum atomic E-state index is 13.5. The van der Waals surface area contributed by atoms with Crippen LogP contribution in [0.4, 0.5) is 9.52 Å². The number of halogens is 1. The molecule has 0 unspecified atom stereocenters. The molecule has 1 N–H and O–H groups in total. The van der Waals surface area contributed by atoms with Crippen LogP contribution in [0.5, 0.6) is 0 Å². The van der Waals surface area contributed by atoms with E-state index in [-0.39, 0.29) is 18.4 Å². The number of hydrogen-bond donors (Lipinski definition) is 1. The van der Waals surface area contributed by atoms with E-state index in [1.807, 2.05) is 11.8 Å². The molecule has 1 aromatic heterocycles. The van der Waals surface area contributed by atoms with Gasteiger partial charge in [-0.1, -0.05) is 24.3 Å². The molecule has 1 aromatic carbocycles. The van der Waals surface area contributed by atoms with Crippen molar-refractivity contribution in [2.75, 3.05) is 38.0 Å². The van der Waals surface area contributed by atoms with Gasteiger partial charge in [-0.15, -0.1) is 10.2 Å². The minimum absolute atomic E-state index is 0.153. The molecule has 1 aliphatic heterocycles. The van der Waals surface area contributed by atoms with Crippen LogP contribution in [0.25, 0.3) is 0 Å². The topological polar surface area (TPSA) is 78.4 Å². The van der Waals surface area contributed by atoms with E-state index in [4.69, 9.17) is 0 Å². The van der Waals surface area contributed by atoms with Crippen LogP contribution in [0.2, 0.25) is 0 Å². The first-order valence-corrected chi connectivity index (χ1v) is 9.31. The third-order valence-corrected chi connectivity index (χ3v) is 4.92. The molecule has 0 radical (unpaired) electrons. The summed E-state index contributed by atoms with van der Waals surface area (Å²) in [7, 11) is 0. The second-order valence-electron chi connectivity index (χ2n) is 6.02. The van der Waals surface area contributed by atoms with Gasteiger partial charge in [0.15, 0.2) is 0 Å². The van der Waals surface area contributed by atoms with Crippen molar-refractivity contribution < 1.29 is 14.0 Å². The van der Waals surface area contributed by atoms with Gasteiger partial charge in [-0.2, -0.15) is 0 Å². The number of amides is 2. The predicted molar refractivity (Wildman–Crippen MR) is 96.7 cm³/mol. The molecule has 0 spiro atoms. The van der Waals surface area contributed by atoms with Crippen LogP contribution >= 0.6 is 11.3 Å². The summed E-state index contributed by atoms with van der Waals surface area (Å²) in [6.45, 7) is 4.37. The molecule has 0 aliphatic carbocycles. The fraction of sp³-hybridized carbons (Fsp3) is 0.412. The number of carbonyl (C=O) groups excluding carboxylic acids is 2. The number of benzene rings is 1. The Morgan fingerprint density at radius 1 is 1.27 bits per heavy atom. The Morgan fingerprint density at radius 3 is 2.69 bits per heavy atom. The maximum Gasteiger partial charge on any atom is 0.254 e. The van der Waals surface area contributed by atoms with Crippen LogP contribution in [0, 0.1) is 5.82 Å². The quantitative estimate of drug-likeness (QED) is 0.857. The number of hydrogen-bond acceptors (Lipinski definition) is 6. The van der Waals surface area contributed by atoms with Crippen molar-refractivity contribution in [3.05, 3.63) is 40.7 Å². The summed E-state index contributed by atoms with van der Waals surface area (Å²) >= 11 is 1.26. The van der Waals surface area contributed by atoms with Crippen molar-refractivity contribution in [3.63, 3.8) is 0 Å². The van der Waals surface area contributed by atoms with Gasteiger partial charge >= 0.3 is 0 Å². The zero-order chi connectivity index (χ0) is 18.5. The lowest BCUT2D eigenvalue weighted by Gasteiger charge is -2.34. The number of nitrogens with zero attached hydrogens (tertiary/aromatic N) is 4. The summed E-state index contributed by atoms with van der Waals surface area (Å²) in [5, 5.41) is 10.6. The molecule has 138 valence electrons. The molecule has 7 nitrogen and oxygen atoms in total. The van der Waals surface area contributed by atoms with Crippen molar-refractivity contribution in [2.24, 2.45) is 0 Å². The highest BCUT2D eigenvalue weighted by Gasteiger charge is 2.25. The van der Waals surface area contributed by atoms with Gasteiger partial charge in [-0.25, -0.2) is 4.39 Å². The second kappa shape index (κ2) is 8.33. The zero-order valence-electron chi connectivity index (χ0n) is 14.4. The highest BCUT2D eigenvalue weighted by Crippen LogP contribution is 2.16. The Hall–Kier alpha value is -2.39. The van der Waals surface area contributed by atoms with E-state index in [0.29, 0.717) is 43.3 Å². The van der Waals surface area contributed by atoms with Crippen molar-refractivity contribution >= 4 is 28.3 Å². The summed E-state index contributed by atoms with van der Waals surface area (Å²) < 4.78 is 13.5. The molecule has 26 heavy (non-hydrogen) atoms. The van der Waals surface area contributed by atoms with Crippen molar-refractivity contribution in [1.82, 2.24) is 20.0 Å². The third kappa shape index (κ3) is 4.41. The van der Waals surface area contributed by atoms with Gasteiger partial charge in [-0.05, 0) is 24.1 Å². The summed E-state index contributed by atoms with van der Waals surface area (Å²) in [5.41, 5.74) is 2.82. The van der Waals surface area contributed by atoms with Crippen molar-refractivity contribution in [2.45, 2.75) is 13.3 Å². The Labute approximate surface area is 154 Å². The number of carbonyl (C=O) groups is 2. The van der Waals surface area contributed by atoms with Gasteiger partial charge in [0.05, 0.1) is 6.54 Å². The minimum atomic E-state index is -0.405. The average Bonchev–Trinajstić information content (AvgIpc) is 3.14. The van der Waals surface area contributed by atoms with Crippen LogP contribution in [0.1, 0.15) is 22.8 Å². The van der Waals surface area contributed by atoms with E-state index in [0.717, 1.165) is 5.56 Å². The summed E-state index contributed by atoms with van der Waals surface area (Å²) in [5.74, 6) is -0.711. The van der Waals surface area contributed by atoms with E-state index < -0.39 is 5.82 Å². The van der Waals surface area contributed by atoms with Crippen molar-refractivity contribution in [3.8, 4) is 0 Å². The molecule has 1 fully saturated rings. The van der Waals surface area contributed by atoms with E-state index >= 15 is 0 Å². The Bertz CT molecular complexity index is 775. The Morgan fingerprint density at radius 2 is 2.04 bits per heavy atom. The first-order chi connectivity index (χ1) is 12.6. The Balaban J connectivity index is 1.54. The fourth-order valence-corrected chi connectivity index (χ4v) is 3.39. The first-order valence-electron chi connectivity index (χ1n) is 8.43. The third-order valence-electron chi connectivity index (χ3n) is 4.32. The van der Waals surface area contributed by atoms with Crippen LogP contribution in [-0.2, 0) is 11.2 Å². The van der Waals surface area contributed by atoms with Gasteiger partial charge in [0.1, 0.15) is 11.3 Å². The number of aryl methyl sites for hydroxylation is 1. The van der Waals surface area contributed by atoms with Crippen LogP contribution < -0.4 is 5.32 Å². The molecule has 0 bridgehead atoms. The molecule has 2 amide bonds. The average molecular weight is 377 g/mol. The van der Waals surface area contributed by atoms with Crippen molar-refractivity contribution in [1.29, 1.82) is 0 Å². The Kier molecular flexibility index (Phi) is 5.89. The molecule has 0 atom stereocenters. The summed E-state index contributed by atoms with van der Waals surface area (Å²) in [4.78, 5) is 28.4. The smallest absolute Gasteiger partial charge is 0.254 e. The molecular weight excluding hydrogens is 357 g/mol. The monoisotopic (exact) mass is 377 g/mol. The number of aromatic nitrogens is 2. The van der Waals surface area contributed by atoms with Gasteiger partial charge in [0, 0.05) is 31.7 Å². The number of piperazine rings is 1. The molecule has 1 aliphatic rings. The van der Waals surface area contributed by atoms with E-state index in [1.165, 1.54) is 23.5 Å². The summed E-state index contributed by atoms with van der Waals surface area (Å²) in [6.07, 6.45) is 0.674. The molecular formula is C17H20FN5O2S. The maximum absolute atomic E-state index is 13.5. The molecule has 3 rings (SSSR count). The first kappa shape index (κ1) is 18.4. The fourth-order valence-electron chi connectivity index (χ4n) is 2.92.